The summed E-state index contributed by atoms with van der Waals surface area (Å²) in [6, 6.07) is 2.17. The van der Waals surface area contributed by atoms with Crippen molar-refractivity contribution in [3.05, 3.63) is 24.0 Å². The molecule has 0 aliphatic heterocycles. The number of aliphatic hydroxyl groups is 1. The first-order valence-corrected chi connectivity index (χ1v) is 6.31. The summed E-state index contributed by atoms with van der Waals surface area (Å²) in [7, 11) is 0. The van der Waals surface area contributed by atoms with E-state index < -0.39 is 0 Å². The molecule has 2 rings (SSSR count). The van der Waals surface area contributed by atoms with E-state index in [9.17, 15) is 5.11 Å². The van der Waals surface area contributed by atoms with Gasteiger partial charge in [0, 0.05) is 25.5 Å². The largest absolute Gasteiger partial charge is 0.393 e. The van der Waals surface area contributed by atoms with Gasteiger partial charge in [-0.3, -0.25) is 0 Å². The summed E-state index contributed by atoms with van der Waals surface area (Å²) in [6.45, 7) is 5.17. The van der Waals surface area contributed by atoms with Crippen molar-refractivity contribution in [1.29, 1.82) is 0 Å². The molecule has 16 heavy (non-hydrogen) atoms. The van der Waals surface area contributed by atoms with Crippen molar-refractivity contribution in [2.24, 2.45) is 5.92 Å². The van der Waals surface area contributed by atoms with E-state index in [0.29, 0.717) is 5.92 Å². The van der Waals surface area contributed by atoms with Crippen LogP contribution in [0.25, 0.3) is 0 Å². The standard InChI is InChI=1S/C13H22N2O/c1-2-15-6-5-12(10-15)9-14-8-11-3-4-13(16)7-11/h5-6,10-11,13-14,16H,2-4,7-9H2,1H3. The summed E-state index contributed by atoms with van der Waals surface area (Å²) in [5.74, 6) is 0.670. The molecule has 0 radical (unpaired) electrons. The van der Waals surface area contributed by atoms with E-state index in [2.05, 4.69) is 35.3 Å². The van der Waals surface area contributed by atoms with Crippen molar-refractivity contribution < 1.29 is 5.11 Å². The lowest BCUT2D eigenvalue weighted by atomic mass is 10.1. The lowest BCUT2D eigenvalue weighted by molar-refractivity contribution is 0.177. The Kier molecular flexibility index (Phi) is 4.02. The van der Waals surface area contributed by atoms with Gasteiger partial charge in [-0.2, -0.15) is 0 Å². The Labute approximate surface area is 97.5 Å². The maximum absolute atomic E-state index is 9.42. The summed E-state index contributed by atoms with van der Waals surface area (Å²) in [5, 5.41) is 12.9. The van der Waals surface area contributed by atoms with Crippen LogP contribution in [0.15, 0.2) is 18.5 Å². The van der Waals surface area contributed by atoms with Crippen LogP contribution in [0.5, 0.6) is 0 Å². The van der Waals surface area contributed by atoms with Crippen LogP contribution in [-0.2, 0) is 13.1 Å². The monoisotopic (exact) mass is 222 g/mol. The third-order valence-electron chi connectivity index (χ3n) is 3.45. The fraction of sp³-hybridized carbons (Fsp3) is 0.692. The number of aliphatic hydroxyl groups excluding tert-OH is 1. The van der Waals surface area contributed by atoms with E-state index in [-0.39, 0.29) is 6.10 Å². The Balaban J connectivity index is 1.67. The molecule has 2 atom stereocenters. The number of hydrogen-bond acceptors (Lipinski definition) is 2. The molecule has 90 valence electrons. The Bertz CT molecular complexity index is 321. The number of hydrogen-bond donors (Lipinski definition) is 2. The van der Waals surface area contributed by atoms with Crippen molar-refractivity contribution in [3.63, 3.8) is 0 Å². The molecule has 3 nitrogen and oxygen atoms in total. The first-order chi connectivity index (χ1) is 7.78. The second-order valence-corrected chi connectivity index (χ2v) is 4.81. The first-order valence-electron chi connectivity index (χ1n) is 6.31. The van der Waals surface area contributed by atoms with E-state index >= 15 is 0 Å². The number of nitrogens with one attached hydrogen (secondary N) is 1. The Morgan fingerprint density at radius 2 is 2.38 bits per heavy atom. The average molecular weight is 222 g/mol. The molecule has 1 saturated carbocycles. The molecule has 3 heteroatoms. The summed E-state index contributed by atoms with van der Waals surface area (Å²) >= 11 is 0. The van der Waals surface area contributed by atoms with Crippen LogP contribution >= 0.6 is 0 Å². The van der Waals surface area contributed by atoms with E-state index in [4.69, 9.17) is 0 Å². The molecular formula is C13H22N2O. The van der Waals surface area contributed by atoms with Gasteiger partial charge in [-0.1, -0.05) is 0 Å². The van der Waals surface area contributed by atoms with Gasteiger partial charge < -0.3 is 15.0 Å². The molecular weight excluding hydrogens is 200 g/mol. The van der Waals surface area contributed by atoms with Gasteiger partial charge in [-0.15, -0.1) is 0 Å². The molecule has 1 fully saturated rings. The molecule has 0 amide bonds. The quantitative estimate of drug-likeness (QED) is 0.796. The normalized spacial score (nSPS) is 25.1. The van der Waals surface area contributed by atoms with Gasteiger partial charge in [0.2, 0.25) is 0 Å². The lowest BCUT2D eigenvalue weighted by Gasteiger charge is -2.09. The van der Waals surface area contributed by atoms with E-state index in [1.807, 2.05) is 0 Å². The predicted molar refractivity (Wildman–Crippen MR) is 65.2 cm³/mol. The molecule has 1 heterocycles. The zero-order valence-electron chi connectivity index (χ0n) is 10.0. The summed E-state index contributed by atoms with van der Waals surface area (Å²) in [4.78, 5) is 0. The Hall–Kier alpha value is -0.800. The molecule has 1 aromatic heterocycles. The average Bonchev–Trinajstić information content (AvgIpc) is 2.88. The topological polar surface area (TPSA) is 37.2 Å². The van der Waals surface area contributed by atoms with E-state index in [1.165, 1.54) is 12.0 Å². The van der Waals surface area contributed by atoms with Gasteiger partial charge >= 0.3 is 0 Å². The minimum Gasteiger partial charge on any atom is -0.393 e. The Morgan fingerprint density at radius 3 is 3.00 bits per heavy atom. The minimum atomic E-state index is -0.0482. The maximum atomic E-state index is 9.42. The van der Waals surface area contributed by atoms with Crippen LogP contribution in [0, 0.1) is 5.92 Å². The summed E-state index contributed by atoms with van der Waals surface area (Å²) in [5.41, 5.74) is 1.35. The zero-order chi connectivity index (χ0) is 11.4. The van der Waals surface area contributed by atoms with Crippen LogP contribution in [-0.4, -0.2) is 22.3 Å². The van der Waals surface area contributed by atoms with Gasteiger partial charge in [0.1, 0.15) is 0 Å². The zero-order valence-corrected chi connectivity index (χ0v) is 10.0. The summed E-state index contributed by atoms with van der Waals surface area (Å²) < 4.78 is 2.19. The van der Waals surface area contributed by atoms with Crippen LogP contribution in [0.3, 0.4) is 0 Å². The predicted octanol–water partition coefficient (Wildman–Crippen LogP) is 1.76. The maximum Gasteiger partial charge on any atom is 0.0543 e. The van der Waals surface area contributed by atoms with Gasteiger partial charge in [0.05, 0.1) is 6.10 Å². The molecule has 0 saturated heterocycles. The SMILES string of the molecule is CCn1ccc(CNCC2CCC(O)C2)c1. The van der Waals surface area contributed by atoms with Gasteiger partial charge in [-0.25, -0.2) is 0 Å². The van der Waals surface area contributed by atoms with Gasteiger partial charge in [0.25, 0.3) is 0 Å². The highest BCUT2D eigenvalue weighted by Crippen LogP contribution is 2.24. The molecule has 0 aromatic carbocycles. The molecule has 1 aromatic rings. The van der Waals surface area contributed by atoms with Crippen molar-refractivity contribution in [2.45, 2.75) is 45.4 Å². The number of aromatic nitrogens is 1. The molecule has 1 aliphatic carbocycles. The molecule has 2 unspecified atom stereocenters. The first kappa shape index (κ1) is 11.7. The second-order valence-electron chi connectivity index (χ2n) is 4.81. The van der Waals surface area contributed by atoms with Gasteiger partial charge in [0.15, 0.2) is 0 Å². The molecule has 2 N–H and O–H groups in total. The van der Waals surface area contributed by atoms with Crippen LogP contribution in [0.2, 0.25) is 0 Å². The van der Waals surface area contributed by atoms with E-state index in [1.54, 1.807) is 0 Å². The highest BCUT2D eigenvalue weighted by molar-refractivity contribution is 5.09. The molecule has 1 aliphatic rings. The lowest BCUT2D eigenvalue weighted by Crippen LogP contribution is -2.21. The highest BCUT2D eigenvalue weighted by Gasteiger charge is 2.21. The van der Waals surface area contributed by atoms with Crippen molar-refractivity contribution in [2.75, 3.05) is 6.54 Å². The number of rotatable bonds is 5. The third-order valence-corrected chi connectivity index (χ3v) is 3.45. The summed E-state index contributed by atoms with van der Waals surface area (Å²) in [6.07, 6.45) is 7.39. The number of aryl methyl sites for hydroxylation is 1. The third kappa shape index (κ3) is 3.09. The highest BCUT2D eigenvalue weighted by atomic mass is 16.3. The second kappa shape index (κ2) is 5.51. The van der Waals surface area contributed by atoms with Gasteiger partial charge in [-0.05, 0) is 50.3 Å². The molecule has 0 bridgehead atoms. The minimum absolute atomic E-state index is 0.0482. The van der Waals surface area contributed by atoms with Crippen molar-refractivity contribution in [3.8, 4) is 0 Å². The van der Waals surface area contributed by atoms with Crippen LogP contribution < -0.4 is 5.32 Å². The Morgan fingerprint density at radius 1 is 1.50 bits per heavy atom. The van der Waals surface area contributed by atoms with E-state index in [0.717, 1.165) is 32.5 Å². The smallest absolute Gasteiger partial charge is 0.0543 e. The number of nitrogens with zero attached hydrogens (tertiary/aromatic N) is 1. The molecule has 0 spiro atoms. The van der Waals surface area contributed by atoms with Crippen molar-refractivity contribution in [1.82, 2.24) is 9.88 Å². The fourth-order valence-electron chi connectivity index (χ4n) is 2.45. The van der Waals surface area contributed by atoms with Crippen molar-refractivity contribution >= 4 is 0 Å². The van der Waals surface area contributed by atoms with Crippen LogP contribution in [0.4, 0.5) is 0 Å². The fourth-order valence-corrected chi connectivity index (χ4v) is 2.45. The van der Waals surface area contributed by atoms with Crippen LogP contribution in [0.1, 0.15) is 31.7 Å².